The molecule has 0 fully saturated rings. The van der Waals surface area contributed by atoms with Gasteiger partial charge in [-0.2, -0.15) is 0 Å². The van der Waals surface area contributed by atoms with Gasteiger partial charge >= 0.3 is 5.97 Å². The highest BCUT2D eigenvalue weighted by Crippen LogP contribution is 2.29. The van der Waals surface area contributed by atoms with Gasteiger partial charge in [-0.1, -0.05) is 41.9 Å². The van der Waals surface area contributed by atoms with Crippen LogP contribution in [0.25, 0.3) is 17.3 Å². The molecule has 25 heavy (non-hydrogen) atoms. The van der Waals surface area contributed by atoms with E-state index in [0.29, 0.717) is 17.4 Å². The van der Waals surface area contributed by atoms with Crippen LogP contribution in [-0.4, -0.2) is 16.1 Å². The van der Waals surface area contributed by atoms with E-state index in [-0.39, 0.29) is 0 Å². The zero-order valence-electron chi connectivity index (χ0n) is 13.1. The Morgan fingerprint density at radius 2 is 1.96 bits per heavy atom. The maximum absolute atomic E-state index is 10.5. The standard InChI is InChI=1S/C19H14ClNO3S/c20-16-4-2-1-3-15(16)17-12-25-18(21-17)11-24-14-8-5-13(6-9-14)7-10-19(22)23/h1-10,12H,11H2,(H,22,23)/b10-7+. The molecule has 3 aromatic rings. The number of nitrogens with zero attached hydrogens (tertiary/aromatic N) is 1. The van der Waals surface area contributed by atoms with Gasteiger partial charge in [0.05, 0.1) is 5.69 Å². The summed E-state index contributed by atoms with van der Waals surface area (Å²) in [5.74, 6) is -0.277. The zero-order chi connectivity index (χ0) is 17.6. The average molecular weight is 372 g/mol. The normalized spacial score (nSPS) is 10.9. The zero-order valence-corrected chi connectivity index (χ0v) is 14.6. The molecular weight excluding hydrogens is 358 g/mol. The van der Waals surface area contributed by atoms with Crippen LogP contribution in [0.5, 0.6) is 5.75 Å². The summed E-state index contributed by atoms with van der Waals surface area (Å²) in [6.45, 7) is 0.361. The number of halogens is 1. The van der Waals surface area contributed by atoms with Gasteiger partial charge in [0.15, 0.2) is 0 Å². The molecule has 0 radical (unpaired) electrons. The summed E-state index contributed by atoms with van der Waals surface area (Å²) in [4.78, 5) is 15.1. The van der Waals surface area contributed by atoms with Crippen molar-refractivity contribution in [1.29, 1.82) is 0 Å². The van der Waals surface area contributed by atoms with Crippen molar-refractivity contribution >= 4 is 35.0 Å². The highest BCUT2D eigenvalue weighted by atomic mass is 35.5. The molecule has 1 heterocycles. The highest BCUT2D eigenvalue weighted by molar-refractivity contribution is 7.09. The summed E-state index contributed by atoms with van der Waals surface area (Å²) in [5, 5.41) is 12.1. The summed E-state index contributed by atoms with van der Waals surface area (Å²) in [5.41, 5.74) is 2.54. The fourth-order valence-corrected chi connectivity index (χ4v) is 3.10. The topological polar surface area (TPSA) is 59.4 Å². The smallest absolute Gasteiger partial charge is 0.328 e. The van der Waals surface area contributed by atoms with E-state index in [1.807, 2.05) is 29.6 Å². The number of carboxylic acids is 1. The summed E-state index contributed by atoms with van der Waals surface area (Å²) < 4.78 is 5.73. The number of aromatic nitrogens is 1. The lowest BCUT2D eigenvalue weighted by molar-refractivity contribution is -0.131. The molecule has 6 heteroatoms. The lowest BCUT2D eigenvalue weighted by atomic mass is 10.2. The molecule has 3 rings (SSSR count). The van der Waals surface area contributed by atoms with E-state index in [0.717, 1.165) is 27.9 Å². The number of rotatable bonds is 6. The summed E-state index contributed by atoms with van der Waals surface area (Å²) >= 11 is 7.71. The van der Waals surface area contributed by atoms with Gasteiger partial charge in [0.2, 0.25) is 0 Å². The van der Waals surface area contributed by atoms with Crippen molar-refractivity contribution < 1.29 is 14.6 Å². The van der Waals surface area contributed by atoms with E-state index in [1.54, 1.807) is 24.3 Å². The van der Waals surface area contributed by atoms with E-state index < -0.39 is 5.97 Å². The second-order valence-electron chi connectivity index (χ2n) is 5.14. The minimum absolute atomic E-state index is 0.361. The van der Waals surface area contributed by atoms with E-state index in [4.69, 9.17) is 21.4 Å². The van der Waals surface area contributed by atoms with Crippen molar-refractivity contribution in [2.45, 2.75) is 6.61 Å². The van der Waals surface area contributed by atoms with E-state index >= 15 is 0 Å². The summed E-state index contributed by atoms with van der Waals surface area (Å²) in [6, 6.07) is 14.8. The minimum atomic E-state index is -0.974. The largest absolute Gasteiger partial charge is 0.486 e. The molecule has 1 N–H and O–H groups in total. The second kappa shape index (κ2) is 7.96. The van der Waals surface area contributed by atoms with Gasteiger partial charge < -0.3 is 9.84 Å². The van der Waals surface area contributed by atoms with E-state index in [1.165, 1.54) is 17.4 Å². The van der Waals surface area contributed by atoms with Gasteiger partial charge in [0.1, 0.15) is 17.4 Å². The van der Waals surface area contributed by atoms with Gasteiger partial charge in [-0.15, -0.1) is 11.3 Å². The van der Waals surface area contributed by atoms with Crippen molar-refractivity contribution in [2.24, 2.45) is 0 Å². The Morgan fingerprint density at radius 1 is 1.20 bits per heavy atom. The maximum Gasteiger partial charge on any atom is 0.328 e. The van der Waals surface area contributed by atoms with Gasteiger partial charge in [0.25, 0.3) is 0 Å². The lowest BCUT2D eigenvalue weighted by Crippen LogP contribution is -1.95. The van der Waals surface area contributed by atoms with Crippen molar-refractivity contribution in [2.75, 3.05) is 0 Å². The molecular formula is C19H14ClNO3S. The number of carboxylic acid groups (broad SMARTS) is 1. The number of hydrogen-bond donors (Lipinski definition) is 1. The van der Waals surface area contributed by atoms with Gasteiger partial charge in [-0.05, 0) is 29.8 Å². The van der Waals surface area contributed by atoms with Crippen molar-refractivity contribution in [3.05, 3.63) is 75.6 Å². The summed E-state index contributed by atoms with van der Waals surface area (Å²) in [6.07, 6.45) is 2.63. The first-order valence-electron chi connectivity index (χ1n) is 7.45. The number of aliphatic carboxylic acids is 1. The van der Waals surface area contributed by atoms with Crippen LogP contribution in [0.4, 0.5) is 0 Å². The van der Waals surface area contributed by atoms with Crippen LogP contribution in [0.15, 0.2) is 60.0 Å². The van der Waals surface area contributed by atoms with Crippen LogP contribution >= 0.6 is 22.9 Å². The molecule has 4 nitrogen and oxygen atoms in total. The molecule has 0 saturated heterocycles. The third kappa shape index (κ3) is 4.68. The van der Waals surface area contributed by atoms with Crippen LogP contribution in [0.3, 0.4) is 0 Å². The molecule has 0 aliphatic heterocycles. The Balaban J connectivity index is 1.63. The average Bonchev–Trinajstić information content (AvgIpc) is 3.08. The molecule has 0 aliphatic rings. The van der Waals surface area contributed by atoms with Gasteiger partial charge in [-0.25, -0.2) is 9.78 Å². The van der Waals surface area contributed by atoms with Crippen LogP contribution in [0, 0.1) is 0 Å². The predicted octanol–water partition coefficient (Wildman–Crippen LogP) is 5.14. The number of thiazole rings is 1. The quantitative estimate of drug-likeness (QED) is 0.609. The Labute approximate surface area is 154 Å². The Morgan fingerprint density at radius 3 is 2.68 bits per heavy atom. The third-order valence-electron chi connectivity index (χ3n) is 3.36. The van der Waals surface area contributed by atoms with Crippen LogP contribution in [-0.2, 0) is 11.4 Å². The fourth-order valence-electron chi connectivity index (χ4n) is 2.16. The highest BCUT2D eigenvalue weighted by Gasteiger charge is 2.08. The molecule has 0 aliphatic carbocycles. The lowest BCUT2D eigenvalue weighted by Gasteiger charge is -2.04. The Bertz CT molecular complexity index is 903. The minimum Gasteiger partial charge on any atom is -0.486 e. The van der Waals surface area contributed by atoms with Gasteiger partial charge in [-0.3, -0.25) is 0 Å². The SMILES string of the molecule is O=C(O)/C=C/c1ccc(OCc2nc(-c3ccccc3Cl)cs2)cc1. The molecule has 0 unspecified atom stereocenters. The second-order valence-corrected chi connectivity index (χ2v) is 6.49. The molecule has 1 aromatic heterocycles. The number of ether oxygens (including phenoxy) is 1. The van der Waals surface area contributed by atoms with Crippen LogP contribution in [0.1, 0.15) is 10.6 Å². The molecule has 0 atom stereocenters. The first-order valence-corrected chi connectivity index (χ1v) is 8.71. The van der Waals surface area contributed by atoms with Crippen LogP contribution in [0.2, 0.25) is 5.02 Å². The first-order chi connectivity index (χ1) is 12.1. The van der Waals surface area contributed by atoms with Crippen molar-refractivity contribution in [3.8, 4) is 17.0 Å². The monoisotopic (exact) mass is 371 g/mol. The molecule has 0 saturated carbocycles. The fraction of sp³-hybridized carbons (Fsp3) is 0.0526. The number of benzene rings is 2. The molecule has 0 spiro atoms. The van der Waals surface area contributed by atoms with Crippen LogP contribution < -0.4 is 4.74 Å². The van der Waals surface area contributed by atoms with Crippen molar-refractivity contribution in [1.82, 2.24) is 4.98 Å². The molecule has 2 aromatic carbocycles. The Kier molecular flexibility index (Phi) is 5.48. The summed E-state index contributed by atoms with van der Waals surface area (Å²) in [7, 11) is 0. The third-order valence-corrected chi connectivity index (χ3v) is 4.51. The van der Waals surface area contributed by atoms with E-state index in [9.17, 15) is 4.79 Å². The maximum atomic E-state index is 10.5. The first kappa shape index (κ1) is 17.2. The Hall–Kier alpha value is -2.63. The van der Waals surface area contributed by atoms with Crippen molar-refractivity contribution in [3.63, 3.8) is 0 Å². The number of hydrogen-bond acceptors (Lipinski definition) is 4. The van der Waals surface area contributed by atoms with E-state index in [2.05, 4.69) is 4.98 Å². The molecule has 0 bridgehead atoms. The number of carbonyl (C=O) groups is 1. The van der Waals surface area contributed by atoms with Gasteiger partial charge in [0, 0.05) is 22.0 Å². The molecule has 126 valence electrons. The molecule has 0 amide bonds. The predicted molar refractivity (Wildman–Crippen MR) is 100 cm³/mol.